The molecule has 0 heterocycles. The molecule has 0 saturated carbocycles. The minimum atomic E-state index is 0.470. The van der Waals surface area contributed by atoms with Crippen LogP contribution in [0, 0.1) is 5.41 Å². The van der Waals surface area contributed by atoms with E-state index in [0.29, 0.717) is 5.41 Å². The summed E-state index contributed by atoms with van der Waals surface area (Å²) in [6.07, 6.45) is 9.49. The van der Waals surface area contributed by atoms with E-state index in [1.807, 2.05) is 0 Å². The van der Waals surface area contributed by atoms with Crippen LogP contribution in [0.1, 0.15) is 72.6 Å². The van der Waals surface area contributed by atoms with E-state index in [9.17, 15) is 0 Å². The number of rotatable bonds is 8. The summed E-state index contributed by atoms with van der Waals surface area (Å²) in [6.45, 7) is 13.1. The summed E-state index contributed by atoms with van der Waals surface area (Å²) < 4.78 is 0. The van der Waals surface area contributed by atoms with E-state index in [0.717, 1.165) is 0 Å². The molecule has 0 saturated heterocycles. The van der Waals surface area contributed by atoms with Crippen molar-refractivity contribution in [1.29, 1.82) is 0 Å². The minimum Gasteiger partial charge on any atom is -0.100 e. The smallest absolute Gasteiger partial charge is 0.0274 e. The molecule has 0 N–H and O–H groups in total. The first-order chi connectivity index (χ1) is 6.48. The van der Waals surface area contributed by atoms with E-state index in [4.69, 9.17) is 0 Å². The zero-order valence-corrected chi connectivity index (χ0v) is 10.7. The molecule has 0 amide bonds. The van der Waals surface area contributed by atoms with Gasteiger partial charge in [-0.2, -0.15) is 0 Å². The van der Waals surface area contributed by atoms with Crippen molar-refractivity contribution in [1.82, 2.24) is 0 Å². The van der Waals surface area contributed by atoms with Crippen molar-refractivity contribution in [3.63, 3.8) is 0 Å². The van der Waals surface area contributed by atoms with E-state index in [-0.39, 0.29) is 0 Å². The van der Waals surface area contributed by atoms with Gasteiger partial charge in [-0.1, -0.05) is 58.4 Å². The van der Waals surface area contributed by atoms with Crippen LogP contribution in [0.3, 0.4) is 0 Å². The minimum absolute atomic E-state index is 0.470. The molecule has 14 heavy (non-hydrogen) atoms. The zero-order chi connectivity index (χ0) is 11.0. The Kier molecular flexibility index (Phi) is 6.96. The van der Waals surface area contributed by atoms with Crippen molar-refractivity contribution >= 4 is 0 Å². The molecule has 0 heteroatoms. The molecule has 0 unspecified atom stereocenters. The lowest BCUT2D eigenvalue weighted by molar-refractivity contribution is 0.316. The lowest BCUT2D eigenvalue weighted by Crippen LogP contribution is -2.11. The van der Waals surface area contributed by atoms with E-state index in [2.05, 4.69) is 34.3 Å². The van der Waals surface area contributed by atoms with Gasteiger partial charge in [0.1, 0.15) is 0 Å². The largest absolute Gasteiger partial charge is 0.100 e. The molecule has 0 rings (SSSR count). The summed E-state index contributed by atoms with van der Waals surface area (Å²) in [5.74, 6) is 0. The van der Waals surface area contributed by atoms with Crippen LogP contribution in [-0.4, -0.2) is 0 Å². The van der Waals surface area contributed by atoms with E-state index in [1.165, 1.54) is 50.5 Å². The summed E-state index contributed by atoms with van der Waals surface area (Å²) >= 11 is 0. The van der Waals surface area contributed by atoms with Gasteiger partial charge < -0.3 is 0 Å². The first kappa shape index (κ1) is 13.7. The summed E-state index contributed by atoms with van der Waals surface area (Å²) in [5.41, 5.74) is 1.79. The molecular formula is C14H28. The third-order valence-corrected chi connectivity index (χ3v) is 2.74. The van der Waals surface area contributed by atoms with Crippen LogP contribution >= 0.6 is 0 Å². The van der Waals surface area contributed by atoms with E-state index < -0.39 is 0 Å². The Morgan fingerprint density at radius 3 is 2.14 bits per heavy atom. The van der Waals surface area contributed by atoms with Crippen LogP contribution in [0.5, 0.6) is 0 Å². The fourth-order valence-electron chi connectivity index (χ4n) is 2.11. The average molecular weight is 196 g/mol. The third-order valence-electron chi connectivity index (χ3n) is 2.74. The van der Waals surface area contributed by atoms with Crippen molar-refractivity contribution in [3.8, 4) is 0 Å². The molecule has 84 valence electrons. The normalized spacial score (nSPS) is 11.7. The maximum Gasteiger partial charge on any atom is -0.0274 e. The first-order valence-electron chi connectivity index (χ1n) is 6.12. The highest BCUT2D eigenvalue weighted by Crippen LogP contribution is 2.30. The van der Waals surface area contributed by atoms with Crippen molar-refractivity contribution in [2.24, 2.45) is 5.41 Å². The lowest BCUT2D eigenvalue weighted by Gasteiger charge is -2.24. The van der Waals surface area contributed by atoms with Gasteiger partial charge in [-0.3, -0.25) is 0 Å². The molecule has 0 aliphatic carbocycles. The molecule has 0 aromatic rings. The van der Waals surface area contributed by atoms with Crippen molar-refractivity contribution < 1.29 is 0 Å². The Balaban J connectivity index is 3.50. The third kappa shape index (κ3) is 8.34. The second kappa shape index (κ2) is 7.09. The predicted octanol–water partition coefficient (Wildman–Crippen LogP) is 5.34. The highest BCUT2D eigenvalue weighted by molar-refractivity contribution is 4.93. The first-order valence-corrected chi connectivity index (χ1v) is 6.12. The van der Waals surface area contributed by atoms with E-state index in [1.54, 1.807) is 0 Å². The maximum absolute atomic E-state index is 4.00. The Hall–Kier alpha value is -0.260. The number of allylic oxidation sites excluding steroid dienone is 1. The molecule has 0 aliphatic rings. The van der Waals surface area contributed by atoms with Gasteiger partial charge in [-0.05, 0) is 25.2 Å². The number of hydrogen-bond acceptors (Lipinski definition) is 0. The van der Waals surface area contributed by atoms with Crippen LogP contribution in [0.25, 0.3) is 0 Å². The molecule has 0 atom stereocenters. The van der Waals surface area contributed by atoms with Crippen molar-refractivity contribution in [2.45, 2.75) is 72.6 Å². The molecule has 0 nitrogen and oxygen atoms in total. The Bertz CT molecular complexity index is 153. The summed E-state index contributed by atoms with van der Waals surface area (Å²) in [4.78, 5) is 0. The van der Waals surface area contributed by atoms with Crippen molar-refractivity contribution in [3.05, 3.63) is 12.2 Å². The standard InChI is InChI=1S/C14H28/c1-6-7-8-9-10-11-14(4,5)12-13(2)3/h2,6-12H2,1,3-5H3. The van der Waals surface area contributed by atoms with Gasteiger partial charge in [0.05, 0.1) is 0 Å². The average Bonchev–Trinajstić information content (AvgIpc) is 2.01. The van der Waals surface area contributed by atoms with E-state index >= 15 is 0 Å². The van der Waals surface area contributed by atoms with Gasteiger partial charge in [0.25, 0.3) is 0 Å². The highest BCUT2D eigenvalue weighted by Gasteiger charge is 2.16. The zero-order valence-electron chi connectivity index (χ0n) is 10.7. The summed E-state index contributed by atoms with van der Waals surface area (Å²) in [6, 6.07) is 0. The Morgan fingerprint density at radius 1 is 1.07 bits per heavy atom. The van der Waals surface area contributed by atoms with Gasteiger partial charge >= 0.3 is 0 Å². The van der Waals surface area contributed by atoms with Gasteiger partial charge in [0.15, 0.2) is 0 Å². The summed E-state index contributed by atoms with van der Waals surface area (Å²) in [7, 11) is 0. The number of unbranched alkanes of at least 4 members (excludes halogenated alkanes) is 4. The second-order valence-corrected chi connectivity index (χ2v) is 5.46. The highest BCUT2D eigenvalue weighted by atomic mass is 14.2. The predicted molar refractivity (Wildman–Crippen MR) is 66.6 cm³/mol. The van der Waals surface area contributed by atoms with Crippen LogP contribution in [-0.2, 0) is 0 Å². The molecule has 0 aliphatic heterocycles. The monoisotopic (exact) mass is 196 g/mol. The van der Waals surface area contributed by atoms with Gasteiger partial charge in [-0.25, -0.2) is 0 Å². The van der Waals surface area contributed by atoms with Crippen molar-refractivity contribution in [2.75, 3.05) is 0 Å². The van der Waals surface area contributed by atoms with Crippen LogP contribution in [0.4, 0.5) is 0 Å². The molecule has 0 bridgehead atoms. The van der Waals surface area contributed by atoms with Gasteiger partial charge in [0.2, 0.25) is 0 Å². The quantitative estimate of drug-likeness (QED) is 0.363. The second-order valence-electron chi connectivity index (χ2n) is 5.46. The summed E-state index contributed by atoms with van der Waals surface area (Å²) in [5, 5.41) is 0. The maximum atomic E-state index is 4.00. The number of hydrogen-bond donors (Lipinski definition) is 0. The van der Waals surface area contributed by atoms with Crippen LogP contribution in [0.15, 0.2) is 12.2 Å². The van der Waals surface area contributed by atoms with Crippen LogP contribution < -0.4 is 0 Å². The molecule has 0 aromatic carbocycles. The van der Waals surface area contributed by atoms with Crippen LogP contribution in [0.2, 0.25) is 0 Å². The topological polar surface area (TPSA) is 0 Å². The fourth-order valence-corrected chi connectivity index (χ4v) is 2.11. The lowest BCUT2D eigenvalue weighted by atomic mass is 9.81. The SMILES string of the molecule is C=C(C)CC(C)(C)CCCCCCC. The Morgan fingerprint density at radius 2 is 1.64 bits per heavy atom. The van der Waals surface area contributed by atoms with Gasteiger partial charge in [0, 0.05) is 0 Å². The molecule has 0 aromatic heterocycles. The molecule has 0 spiro atoms. The fraction of sp³-hybridized carbons (Fsp3) is 0.857. The molecule has 0 fully saturated rings. The molecule has 0 radical (unpaired) electrons. The molecular weight excluding hydrogens is 168 g/mol. The Labute approximate surface area is 90.8 Å². The van der Waals surface area contributed by atoms with Gasteiger partial charge in [-0.15, -0.1) is 6.58 Å².